The van der Waals surface area contributed by atoms with Crippen LogP contribution in [-0.4, -0.2) is 17.4 Å². The van der Waals surface area contributed by atoms with Crippen molar-refractivity contribution in [1.82, 2.24) is 15.6 Å². The summed E-state index contributed by atoms with van der Waals surface area (Å²) in [6.45, 7) is 3.10. The van der Waals surface area contributed by atoms with E-state index in [2.05, 4.69) is 15.6 Å². The van der Waals surface area contributed by atoms with E-state index in [-0.39, 0.29) is 5.91 Å². The van der Waals surface area contributed by atoms with Gasteiger partial charge in [0.25, 0.3) is 0 Å². The van der Waals surface area contributed by atoms with Crippen molar-refractivity contribution in [1.29, 1.82) is 0 Å². The van der Waals surface area contributed by atoms with E-state index >= 15 is 0 Å². The van der Waals surface area contributed by atoms with E-state index < -0.39 is 0 Å². The molecule has 2 heterocycles. The lowest BCUT2D eigenvalue weighted by molar-refractivity contribution is -0.119. The number of rotatable bonds is 3. The highest BCUT2D eigenvalue weighted by molar-refractivity contribution is 5.72. The van der Waals surface area contributed by atoms with Crippen LogP contribution < -0.4 is 10.6 Å². The molecule has 2 rings (SSSR count). The van der Waals surface area contributed by atoms with E-state index in [1.54, 1.807) is 0 Å². The van der Waals surface area contributed by atoms with Crippen molar-refractivity contribution in [2.24, 2.45) is 0 Å². The van der Waals surface area contributed by atoms with Crippen molar-refractivity contribution < 1.29 is 4.79 Å². The van der Waals surface area contributed by atoms with Crippen LogP contribution in [0.1, 0.15) is 37.2 Å². The molecule has 1 amide bonds. The van der Waals surface area contributed by atoms with Crippen LogP contribution in [0.25, 0.3) is 0 Å². The van der Waals surface area contributed by atoms with E-state index in [1.165, 1.54) is 13.3 Å². The molecule has 1 aromatic rings. The zero-order valence-corrected chi connectivity index (χ0v) is 9.49. The lowest BCUT2D eigenvalue weighted by Crippen LogP contribution is -2.21. The first-order valence-corrected chi connectivity index (χ1v) is 5.69. The number of hydrogen-bond donors (Lipinski definition) is 2. The molecule has 2 N–H and O–H groups in total. The molecule has 1 saturated heterocycles. The first-order valence-electron chi connectivity index (χ1n) is 5.69. The Kier molecular flexibility index (Phi) is 3.51. The smallest absolute Gasteiger partial charge is 0.217 e. The lowest BCUT2D eigenvalue weighted by atomic mass is 10.1. The maximum Gasteiger partial charge on any atom is 0.217 e. The van der Waals surface area contributed by atoms with Gasteiger partial charge in [-0.2, -0.15) is 0 Å². The summed E-state index contributed by atoms with van der Waals surface area (Å²) < 4.78 is 0. The Morgan fingerprint density at radius 3 is 3.19 bits per heavy atom. The monoisotopic (exact) mass is 219 g/mol. The average molecular weight is 219 g/mol. The number of hydrogen-bond acceptors (Lipinski definition) is 3. The number of nitrogens with zero attached hydrogens (tertiary/aromatic N) is 1. The standard InChI is InChI=1S/C12H17N3O/c1-9(16)14-8-10-4-2-5-12(15-10)11-6-3-7-13-11/h2,4-5,11,13H,3,6-8H2,1H3,(H,14,16). The van der Waals surface area contributed by atoms with E-state index in [4.69, 9.17) is 0 Å². The van der Waals surface area contributed by atoms with Gasteiger partial charge in [-0.25, -0.2) is 0 Å². The minimum absolute atomic E-state index is 0.0220. The Balaban J connectivity index is 2.03. The topological polar surface area (TPSA) is 54.0 Å². The summed E-state index contributed by atoms with van der Waals surface area (Å²) >= 11 is 0. The summed E-state index contributed by atoms with van der Waals surface area (Å²) in [5.74, 6) is -0.0220. The molecule has 16 heavy (non-hydrogen) atoms. The second-order valence-electron chi connectivity index (χ2n) is 4.11. The van der Waals surface area contributed by atoms with Gasteiger partial charge in [0.15, 0.2) is 0 Å². The molecule has 1 fully saturated rings. The third-order valence-electron chi connectivity index (χ3n) is 2.76. The van der Waals surface area contributed by atoms with Crippen molar-refractivity contribution in [2.45, 2.75) is 32.4 Å². The highest BCUT2D eigenvalue weighted by atomic mass is 16.1. The van der Waals surface area contributed by atoms with Crippen LogP contribution in [0.5, 0.6) is 0 Å². The minimum Gasteiger partial charge on any atom is -0.351 e. The lowest BCUT2D eigenvalue weighted by Gasteiger charge is -2.11. The van der Waals surface area contributed by atoms with Gasteiger partial charge >= 0.3 is 0 Å². The SMILES string of the molecule is CC(=O)NCc1cccc(C2CCCN2)n1. The highest BCUT2D eigenvalue weighted by Crippen LogP contribution is 2.21. The molecule has 1 atom stereocenters. The molecule has 86 valence electrons. The summed E-state index contributed by atoms with van der Waals surface area (Å²) in [6, 6.07) is 6.37. The summed E-state index contributed by atoms with van der Waals surface area (Å²) in [4.78, 5) is 15.4. The molecule has 1 aromatic heterocycles. The molecule has 1 aliphatic heterocycles. The normalized spacial score (nSPS) is 19.7. The van der Waals surface area contributed by atoms with Gasteiger partial charge < -0.3 is 10.6 Å². The Hall–Kier alpha value is -1.42. The predicted molar refractivity (Wildman–Crippen MR) is 61.7 cm³/mol. The van der Waals surface area contributed by atoms with E-state index in [1.807, 2.05) is 18.2 Å². The Morgan fingerprint density at radius 1 is 1.62 bits per heavy atom. The number of carbonyl (C=O) groups excluding carboxylic acids is 1. The van der Waals surface area contributed by atoms with E-state index in [0.29, 0.717) is 12.6 Å². The van der Waals surface area contributed by atoms with Crippen molar-refractivity contribution in [3.05, 3.63) is 29.6 Å². The first kappa shape index (κ1) is 11.1. The molecule has 0 bridgehead atoms. The quantitative estimate of drug-likeness (QED) is 0.801. The van der Waals surface area contributed by atoms with Crippen LogP contribution in [0.4, 0.5) is 0 Å². The fourth-order valence-corrected chi connectivity index (χ4v) is 1.94. The molecular weight excluding hydrogens is 202 g/mol. The Morgan fingerprint density at radius 2 is 2.50 bits per heavy atom. The fraction of sp³-hybridized carbons (Fsp3) is 0.500. The average Bonchev–Trinajstić information content (AvgIpc) is 2.80. The third kappa shape index (κ3) is 2.79. The van der Waals surface area contributed by atoms with Crippen molar-refractivity contribution >= 4 is 5.91 Å². The van der Waals surface area contributed by atoms with Gasteiger partial charge in [-0.3, -0.25) is 9.78 Å². The predicted octanol–water partition coefficient (Wildman–Crippen LogP) is 1.14. The molecule has 0 aromatic carbocycles. The van der Waals surface area contributed by atoms with Crippen LogP contribution in [0.2, 0.25) is 0 Å². The second kappa shape index (κ2) is 5.07. The van der Waals surface area contributed by atoms with Gasteiger partial charge in [0, 0.05) is 13.0 Å². The van der Waals surface area contributed by atoms with Crippen molar-refractivity contribution in [3.8, 4) is 0 Å². The maximum absolute atomic E-state index is 10.8. The van der Waals surface area contributed by atoms with Crippen LogP contribution >= 0.6 is 0 Å². The molecule has 0 saturated carbocycles. The van der Waals surface area contributed by atoms with Crippen LogP contribution in [-0.2, 0) is 11.3 Å². The Bertz CT molecular complexity index is 372. The van der Waals surface area contributed by atoms with Gasteiger partial charge in [0.2, 0.25) is 5.91 Å². The maximum atomic E-state index is 10.8. The molecule has 0 spiro atoms. The Labute approximate surface area is 95.5 Å². The van der Waals surface area contributed by atoms with Crippen molar-refractivity contribution in [3.63, 3.8) is 0 Å². The van der Waals surface area contributed by atoms with E-state index in [9.17, 15) is 4.79 Å². The summed E-state index contributed by atoms with van der Waals surface area (Å²) in [5.41, 5.74) is 2.00. The molecule has 4 heteroatoms. The second-order valence-corrected chi connectivity index (χ2v) is 4.11. The number of carbonyl (C=O) groups is 1. The molecule has 1 unspecified atom stereocenters. The van der Waals surface area contributed by atoms with Gasteiger partial charge in [0.1, 0.15) is 0 Å². The molecule has 0 aliphatic carbocycles. The third-order valence-corrected chi connectivity index (χ3v) is 2.76. The van der Waals surface area contributed by atoms with Gasteiger partial charge in [-0.15, -0.1) is 0 Å². The zero-order valence-electron chi connectivity index (χ0n) is 9.49. The van der Waals surface area contributed by atoms with Crippen LogP contribution in [0, 0.1) is 0 Å². The van der Waals surface area contributed by atoms with Crippen LogP contribution in [0.15, 0.2) is 18.2 Å². The molecule has 0 radical (unpaired) electrons. The highest BCUT2D eigenvalue weighted by Gasteiger charge is 2.17. The number of amides is 1. The minimum atomic E-state index is -0.0220. The fourth-order valence-electron chi connectivity index (χ4n) is 1.94. The summed E-state index contributed by atoms with van der Waals surface area (Å²) in [7, 11) is 0. The van der Waals surface area contributed by atoms with Crippen LogP contribution in [0.3, 0.4) is 0 Å². The van der Waals surface area contributed by atoms with Gasteiger partial charge in [0.05, 0.1) is 17.9 Å². The summed E-state index contributed by atoms with van der Waals surface area (Å²) in [6.07, 6.45) is 2.36. The summed E-state index contributed by atoms with van der Waals surface area (Å²) in [5, 5.41) is 6.17. The van der Waals surface area contributed by atoms with Crippen molar-refractivity contribution in [2.75, 3.05) is 6.54 Å². The first-order chi connectivity index (χ1) is 7.75. The zero-order chi connectivity index (χ0) is 11.4. The number of pyridine rings is 1. The van der Waals surface area contributed by atoms with Gasteiger partial charge in [-0.05, 0) is 31.5 Å². The largest absolute Gasteiger partial charge is 0.351 e. The number of aromatic nitrogens is 1. The molecule has 4 nitrogen and oxygen atoms in total. The number of nitrogens with one attached hydrogen (secondary N) is 2. The van der Waals surface area contributed by atoms with E-state index in [0.717, 1.165) is 24.4 Å². The van der Waals surface area contributed by atoms with Gasteiger partial charge in [-0.1, -0.05) is 6.07 Å². The molecule has 1 aliphatic rings. The molecular formula is C12H17N3O.